The molecule has 63 heavy (non-hydrogen) atoms. The summed E-state index contributed by atoms with van der Waals surface area (Å²) in [5, 5.41) is 8.54. The summed E-state index contributed by atoms with van der Waals surface area (Å²) < 4.78 is 14.6. The van der Waals surface area contributed by atoms with Crippen LogP contribution in [0, 0.1) is 23.2 Å². The van der Waals surface area contributed by atoms with E-state index in [-0.39, 0.29) is 54.7 Å². The van der Waals surface area contributed by atoms with Crippen molar-refractivity contribution in [2.45, 2.75) is 111 Å². The number of carbonyl (C=O) groups excluding carboxylic acids is 3. The van der Waals surface area contributed by atoms with Gasteiger partial charge in [-0.25, -0.2) is 10.4 Å². The number of nitrogens with one attached hydrogen (secondary N) is 2. The first-order valence-corrected chi connectivity index (χ1v) is 24.1. The highest BCUT2D eigenvalue weighted by Gasteiger charge is 2.49. The molecule has 14 heteroatoms. The third kappa shape index (κ3) is 9.61. The lowest BCUT2D eigenvalue weighted by molar-refractivity contribution is -0.155. The van der Waals surface area contributed by atoms with Gasteiger partial charge in [0.1, 0.15) is 12.1 Å². The summed E-state index contributed by atoms with van der Waals surface area (Å²) in [5.41, 5.74) is 11.2. The first-order chi connectivity index (χ1) is 30.2. The maximum atomic E-state index is 14.2. The van der Waals surface area contributed by atoms with Crippen LogP contribution in [0.1, 0.15) is 101 Å². The number of hydrazine groups is 1. The van der Waals surface area contributed by atoms with E-state index in [1.807, 2.05) is 0 Å². The number of pyridine rings is 1. The average molecular weight is 881 g/mol. The van der Waals surface area contributed by atoms with Crippen LogP contribution in [0.15, 0.2) is 35.8 Å². The molecule has 1 saturated carbocycles. The lowest BCUT2D eigenvalue weighted by Crippen LogP contribution is -2.60. The molecule has 2 amide bonds. The van der Waals surface area contributed by atoms with Crippen molar-refractivity contribution in [3.05, 3.63) is 57.7 Å². The first-order valence-electron chi connectivity index (χ1n) is 23.2. The maximum Gasteiger partial charge on any atom is 0.324 e. The predicted molar refractivity (Wildman–Crippen MR) is 248 cm³/mol. The monoisotopic (exact) mass is 881 g/mol. The van der Waals surface area contributed by atoms with E-state index in [2.05, 4.69) is 117 Å². The smallest absolute Gasteiger partial charge is 0.324 e. The van der Waals surface area contributed by atoms with Crippen LogP contribution in [0.3, 0.4) is 0 Å². The molecule has 2 N–H and O–H groups in total. The molecule has 6 atom stereocenters. The van der Waals surface area contributed by atoms with Crippen LogP contribution in [0.2, 0.25) is 0 Å². The number of likely N-dealkylation sites (tertiary alicyclic amines) is 1. The Labute approximate surface area is 377 Å². The fraction of sp³-hybridized carbons (Fsp3) is 0.612. The topological polar surface area (TPSA) is 134 Å². The second-order valence-corrected chi connectivity index (χ2v) is 20.6. The Morgan fingerprint density at radius 2 is 1.87 bits per heavy atom. The zero-order valence-corrected chi connectivity index (χ0v) is 39.6. The molecule has 0 radical (unpaired) electrons. The molecule has 4 aliphatic rings. The van der Waals surface area contributed by atoms with Gasteiger partial charge in [0, 0.05) is 84.6 Å². The van der Waals surface area contributed by atoms with E-state index in [0.717, 1.165) is 89.7 Å². The van der Waals surface area contributed by atoms with Crippen LogP contribution < -0.4 is 10.7 Å². The van der Waals surface area contributed by atoms with Crippen LogP contribution in [0.5, 0.6) is 0 Å². The molecular formula is C49H68N8O5S. The van der Waals surface area contributed by atoms with Crippen LogP contribution in [0.25, 0.3) is 33.4 Å². The number of likely N-dealkylation sites (N-methyl/N-ethyl adjacent to an activating group) is 1. The van der Waals surface area contributed by atoms with Crippen molar-refractivity contribution in [2.75, 3.05) is 60.5 Å². The molecular weight excluding hydrogens is 813 g/mol. The van der Waals surface area contributed by atoms with Crippen molar-refractivity contribution in [1.82, 2.24) is 40.1 Å². The van der Waals surface area contributed by atoms with Crippen molar-refractivity contribution >= 4 is 40.0 Å². The molecule has 4 aromatic rings. The zero-order chi connectivity index (χ0) is 44.7. The minimum Gasteiger partial charge on any atom is -0.464 e. The lowest BCUT2D eigenvalue weighted by atomic mass is 9.83. The summed E-state index contributed by atoms with van der Waals surface area (Å²) in [4.78, 5) is 56.8. The summed E-state index contributed by atoms with van der Waals surface area (Å²) in [7, 11) is 6.02. The van der Waals surface area contributed by atoms with E-state index in [0.29, 0.717) is 31.7 Å². The van der Waals surface area contributed by atoms with E-state index in [1.165, 1.54) is 27.5 Å². The summed E-state index contributed by atoms with van der Waals surface area (Å²) >= 11 is 1.50. The number of esters is 1. The SMILES string of the molecule is CCn1c(-c2cc(C3CCN(CCN(C)C)CC3)cnc2[C@H](C)OC)c2c3cc(ccc31)-c1csc(n1)C[C@H](NC(=O)[C@H]1[C@H](C)[C@@H]1C)C(=O)N1CCC[C@H](N1)C(=O)OCC(C)(C)C2. The second kappa shape index (κ2) is 18.7. The van der Waals surface area contributed by atoms with Crippen molar-refractivity contribution in [1.29, 1.82) is 0 Å². The second-order valence-electron chi connectivity index (χ2n) is 19.7. The Morgan fingerprint density at radius 3 is 2.57 bits per heavy atom. The molecule has 6 heterocycles. The third-order valence-corrected chi connectivity index (χ3v) is 15.2. The number of benzene rings is 1. The minimum absolute atomic E-state index is 0.110. The molecule has 340 valence electrons. The van der Waals surface area contributed by atoms with Crippen LogP contribution in [-0.2, 0) is 43.2 Å². The van der Waals surface area contributed by atoms with Gasteiger partial charge in [-0.2, -0.15) is 0 Å². The Balaban J connectivity index is 1.22. The molecule has 2 saturated heterocycles. The summed E-state index contributed by atoms with van der Waals surface area (Å²) in [6, 6.07) is 7.47. The van der Waals surface area contributed by atoms with E-state index in [9.17, 15) is 14.4 Å². The Morgan fingerprint density at radius 1 is 1.11 bits per heavy atom. The fourth-order valence-electron chi connectivity index (χ4n) is 10.1. The van der Waals surface area contributed by atoms with Gasteiger partial charge in [0.05, 0.1) is 34.8 Å². The van der Waals surface area contributed by atoms with Gasteiger partial charge >= 0.3 is 5.97 Å². The standard InChI is InChI=1S/C49H68N8O5S/c1-10-56-41-14-13-33-22-35(41)37(45(56)36-23-34(26-50-44(36)31(4)61-9)32-15-18-55(19-16-32)21-20-54(7)8)25-49(5,6)28-62-48(60)38-12-11-17-57(53-38)47(59)39(24-42-51-40(33)27-63-42)52-46(58)43-29(2)30(43)3/h13-14,22-23,26-27,29-32,38-39,43,53H,10-12,15-21,24-25,28H2,1-9H3,(H,52,58)/t29-,30+,31-,38-,39-,43+/m0/s1. The molecule has 1 aliphatic carbocycles. The van der Waals surface area contributed by atoms with Gasteiger partial charge in [-0.15, -0.1) is 11.3 Å². The highest BCUT2D eigenvalue weighted by atomic mass is 32.1. The first kappa shape index (κ1) is 45.4. The number of cyclic esters (lactones) is 1. The van der Waals surface area contributed by atoms with Crippen LogP contribution in [0.4, 0.5) is 0 Å². The Hall–Kier alpha value is -4.21. The number of amides is 2. The molecule has 1 aromatic carbocycles. The van der Waals surface area contributed by atoms with Crippen LogP contribution in [-0.4, -0.2) is 120 Å². The molecule has 3 aliphatic heterocycles. The van der Waals surface area contributed by atoms with Crippen molar-refractivity contribution in [3.63, 3.8) is 0 Å². The number of piperidine rings is 1. The van der Waals surface area contributed by atoms with Crippen molar-refractivity contribution in [3.8, 4) is 22.5 Å². The highest BCUT2D eigenvalue weighted by Crippen LogP contribution is 2.46. The van der Waals surface area contributed by atoms with Gasteiger partial charge in [-0.1, -0.05) is 33.8 Å². The normalized spacial score (nSPS) is 25.2. The number of rotatable bonds is 10. The van der Waals surface area contributed by atoms with Gasteiger partial charge in [0.2, 0.25) is 5.91 Å². The number of aryl methyl sites for hydroxylation is 1. The van der Waals surface area contributed by atoms with Gasteiger partial charge in [-0.05, 0) is 120 Å². The van der Waals surface area contributed by atoms with Gasteiger partial charge < -0.3 is 29.2 Å². The van der Waals surface area contributed by atoms with Gasteiger partial charge in [-0.3, -0.25) is 24.4 Å². The molecule has 8 rings (SSSR count). The summed E-state index contributed by atoms with van der Waals surface area (Å²) in [6.07, 6.45) is 6.06. The molecule has 6 bridgehead atoms. The maximum absolute atomic E-state index is 14.2. The van der Waals surface area contributed by atoms with Gasteiger partial charge in [0.25, 0.3) is 5.91 Å². The fourth-order valence-corrected chi connectivity index (χ4v) is 10.9. The summed E-state index contributed by atoms with van der Waals surface area (Å²) in [5.74, 6) is 0.0494. The van der Waals surface area contributed by atoms with E-state index >= 15 is 0 Å². The number of fused-ring (bicyclic) bond motifs is 6. The van der Waals surface area contributed by atoms with Gasteiger partial charge in [0.15, 0.2) is 0 Å². The zero-order valence-electron chi connectivity index (χ0n) is 38.8. The number of methoxy groups -OCH3 is 1. The minimum atomic E-state index is -0.838. The number of hydrogen-bond acceptors (Lipinski definition) is 11. The average Bonchev–Trinajstić information content (AvgIpc) is 3.54. The Kier molecular flexibility index (Phi) is 13.5. The number of ether oxygens (including phenoxy) is 2. The van der Waals surface area contributed by atoms with E-state index in [1.54, 1.807) is 7.11 Å². The largest absolute Gasteiger partial charge is 0.464 e. The predicted octanol–water partition coefficient (Wildman–Crippen LogP) is 6.85. The number of hydrogen-bond donors (Lipinski definition) is 2. The molecule has 3 aromatic heterocycles. The number of carbonyl (C=O) groups is 3. The Bertz CT molecular complexity index is 2300. The van der Waals surface area contributed by atoms with E-state index in [4.69, 9.17) is 19.4 Å². The third-order valence-electron chi connectivity index (χ3n) is 14.3. The highest BCUT2D eigenvalue weighted by molar-refractivity contribution is 7.10. The summed E-state index contributed by atoms with van der Waals surface area (Å²) in [6.45, 7) is 18.3. The number of aromatic nitrogens is 3. The molecule has 0 unspecified atom stereocenters. The van der Waals surface area contributed by atoms with Crippen molar-refractivity contribution < 1.29 is 23.9 Å². The number of nitrogens with zero attached hydrogens (tertiary/aromatic N) is 6. The molecule has 13 nitrogen and oxygen atoms in total. The number of thiazole rings is 1. The molecule has 3 fully saturated rings. The quantitative estimate of drug-likeness (QED) is 0.163. The molecule has 0 spiro atoms. The van der Waals surface area contributed by atoms with Crippen molar-refractivity contribution in [2.24, 2.45) is 23.2 Å². The van der Waals surface area contributed by atoms with Crippen LogP contribution >= 0.6 is 11.3 Å². The lowest BCUT2D eigenvalue weighted by Gasteiger charge is -2.35. The van der Waals surface area contributed by atoms with E-state index < -0.39 is 17.5 Å².